The van der Waals surface area contributed by atoms with E-state index in [1.54, 1.807) is 13.1 Å². The van der Waals surface area contributed by atoms with Gasteiger partial charge in [-0.2, -0.15) is 0 Å². The quantitative estimate of drug-likeness (QED) is 0.680. The minimum Gasteiger partial charge on any atom is -0.424 e. The average molecular weight is 347 g/mol. The van der Waals surface area contributed by atoms with Crippen LogP contribution in [0.25, 0.3) is 0 Å². The number of hydrogen-bond donors (Lipinski definition) is 1. The summed E-state index contributed by atoms with van der Waals surface area (Å²) in [6, 6.07) is 11.5. The van der Waals surface area contributed by atoms with Crippen molar-refractivity contribution in [3.63, 3.8) is 0 Å². The zero-order valence-corrected chi connectivity index (χ0v) is 14.0. The van der Waals surface area contributed by atoms with Crippen LogP contribution in [0.5, 0.6) is 0 Å². The van der Waals surface area contributed by atoms with Gasteiger partial charge in [0.1, 0.15) is 0 Å². The summed E-state index contributed by atoms with van der Waals surface area (Å²) in [5.74, 6) is 1.11. The van der Waals surface area contributed by atoms with Crippen molar-refractivity contribution in [2.45, 2.75) is 24.3 Å². The van der Waals surface area contributed by atoms with Gasteiger partial charge in [-0.3, -0.25) is 4.98 Å². The Morgan fingerprint density at radius 3 is 2.70 bits per heavy atom. The topological polar surface area (TPSA) is 63.8 Å². The molecule has 0 spiro atoms. The summed E-state index contributed by atoms with van der Waals surface area (Å²) < 4.78 is 8.97. The first kappa shape index (κ1) is 16.0. The van der Waals surface area contributed by atoms with Gasteiger partial charge in [0.2, 0.25) is 11.8 Å². The smallest absolute Gasteiger partial charge is 0.234 e. The maximum atomic E-state index is 5.91. The molecule has 1 atom stereocenters. The molecule has 7 heteroatoms. The highest BCUT2D eigenvalue weighted by Crippen LogP contribution is 2.24. The first-order valence-electron chi connectivity index (χ1n) is 7.07. The number of pyridine rings is 1. The lowest BCUT2D eigenvalue weighted by Gasteiger charge is -2.14. The molecule has 1 N–H and O–H groups in total. The van der Waals surface area contributed by atoms with Crippen LogP contribution in [0.4, 0.5) is 0 Å². The van der Waals surface area contributed by atoms with Crippen LogP contribution >= 0.6 is 23.5 Å². The van der Waals surface area contributed by atoms with Crippen molar-refractivity contribution in [3.8, 4) is 0 Å². The number of hydrogen-bond acceptors (Lipinski definition) is 6. The van der Waals surface area contributed by atoms with Crippen LogP contribution in [0.3, 0.4) is 0 Å². The fourth-order valence-corrected chi connectivity index (χ4v) is 2.89. The third kappa shape index (κ3) is 4.54. The van der Waals surface area contributed by atoms with Gasteiger partial charge >= 0.3 is 0 Å². The Kier molecular flexibility index (Phi) is 5.27. The fraction of sp³-hybridized carbons (Fsp3) is 0.188. The van der Waals surface area contributed by atoms with Gasteiger partial charge in [0.05, 0.1) is 6.04 Å². The number of nitrogens with zero attached hydrogens (tertiary/aromatic N) is 3. The van der Waals surface area contributed by atoms with Gasteiger partial charge in [-0.15, -0.1) is 10.2 Å². The van der Waals surface area contributed by atoms with E-state index in [1.807, 2.05) is 42.6 Å². The summed E-state index contributed by atoms with van der Waals surface area (Å²) >= 11 is 7.41. The molecular weight excluding hydrogens is 332 g/mol. The summed E-state index contributed by atoms with van der Waals surface area (Å²) in [5, 5.41) is 8.77. The van der Waals surface area contributed by atoms with Crippen molar-refractivity contribution in [3.05, 3.63) is 71.2 Å². The highest BCUT2D eigenvalue weighted by molar-refractivity contribution is 7.97. The van der Waals surface area contributed by atoms with Crippen LogP contribution in [-0.4, -0.2) is 15.2 Å². The predicted molar refractivity (Wildman–Crippen MR) is 90.2 cm³/mol. The number of halogens is 1. The number of nitrogens with one attached hydrogen (secondary N) is 1. The van der Waals surface area contributed by atoms with Crippen LogP contribution in [0.15, 0.2) is 58.1 Å². The van der Waals surface area contributed by atoms with Gasteiger partial charge in [0.15, 0.2) is 0 Å². The monoisotopic (exact) mass is 346 g/mol. The van der Waals surface area contributed by atoms with Crippen LogP contribution in [-0.2, 0) is 6.42 Å². The van der Waals surface area contributed by atoms with E-state index in [0.717, 1.165) is 10.5 Å². The number of aromatic nitrogens is 3. The number of rotatable bonds is 6. The normalized spacial score (nSPS) is 12.3. The largest absolute Gasteiger partial charge is 0.424 e. The molecule has 0 amide bonds. The Morgan fingerprint density at radius 2 is 2.04 bits per heavy atom. The lowest BCUT2D eigenvalue weighted by molar-refractivity contribution is 0.418. The summed E-state index contributed by atoms with van der Waals surface area (Å²) in [5.41, 5.74) is 1.09. The van der Waals surface area contributed by atoms with E-state index in [4.69, 9.17) is 16.0 Å². The minimum atomic E-state index is -0.110. The molecule has 3 rings (SSSR count). The molecule has 3 aromatic rings. The van der Waals surface area contributed by atoms with Crippen molar-refractivity contribution >= 4 is 23.5 Å². The third-order valence-corrected chi connectivity index (χ3v) is 4.30. The fourth-order valence-electron chi connectivity index (χ4n) is 2.03. The van der Waals surface area contributed by atoms with Gasteiger partial charge < -0.3 is 4.42 Å². The predicted octanol–water partition coefficient (Wildman–Crippen LogP) is 4.01. The van der Waals surface area contributed by atoms with Gasteiger partial charge in [0, 0.05) is 29.2 Å². The van der Waals surface area contributed by atoms with Gasteiger partial charge in [-0.25, -0.2) is 4.72 Å². The molecule has 2 aromatic heterocycles. The molecule has 2 heterocycles. The molecule has 0 unspecified atom stereocenters. The standard InChI is InChI=1S/C16H15ClN4OS/c1-11-19-20-16(22-11)15(9-12-3-2-8-18-10-12)21-23-14-6-4-13(17)5-7-14/h2-8,10,15,21H,9H2,1H3/t15-/m1/s1. The summed E-state index contributed by atoms with van der Waals surface area (Å²) in [4.78, 5) is 5.21. The third-order valence-electron chi connectivity index (χ3n) is 3.14. The van der Waals surface area contributed by atoms with Crippen LogP contribution in [0, 0.1) is 6.92 Å². The summed E-state index contributed by atoms with van der Waals surface area (Å²) in [6.07, 6.45) is 4.30. The second-order valence-corrected chi connectivity index (χ2v) is 6.30. The van der Waals surface area contributed by atoms with Crippen molar-refractivity contribution in [1.29, 1.82) is 0 Å². The molecular formula is C16H15ClN4OS. The second-order valence-electron chi connectivity index (χ2n) is 4.95. The van der Waals surface area contributed by atoms with E-state index in [0.29, 0.717) is 23.2 Å². The molecule has 1 aromatic carbocycles. The molecule has 0 bridgehead atoms. The summed E-state index contributed by atoms with van der Waals surface area (Å²) in [6.45, 7) is 1.78. The number of aryl methyl sites for hydroxylation is 1. The van der Waals surface area contributed by atoms with Crippen molar-refractivity contribution < 1.29 is 4.42 Å². The minimum absolute atomic E-state index is 0.110. The SMILES string of the molecule is Cc1nnc([C@@H](Cc2cccnc2)NSc2ccc(Cl)cc2)o1. The second kappa shape index (κ2) is 7.59. The Hall–Kier alpha value is -1.89. The summed E-state index contributed by atoms with van der Waals surface area (Å²) in [7, 11) is 0. The van der Waals surface area contributed by atoms with E-state index in [1.165, 1.54) is 11.9 Å². The molecule has 0 fully saturated rings. The lowest BCUT2D eigenvalue weighted by Crippen LogP contribution is -2.17. The first-order valence-corrected chi connectivity index (χ1v) is 8.27. The van der Waals surface area contributed by atoms with Crippen LogP contribution in [0.1, 0.15) is 23.4 Å². The van der Waals surface area contributed by atoms with E-state index in [-0.39, 0.29) is 6.04 Å². The molecule has 0 radical (unpaired) electrons. The maximum Gasteiger partial charge on any atom is 0.234 e. The van der Waals surface area contributed by atoms with Gasteiger partial charge in [-0.1, -0.05) is 17.7 Å². The highest BCUT2D eigenvalue weighted by atomic mass is 35.5. The van der Waals surface area contributed by atoms with E-state index >= 15 is 0 Å². The maximum absolute atomic E-state index is 5.91. The molecule has 0 saturated heterocycles. The van der Waals surface area contributed by atoms with Crippen molar-refractivity contribution in [1.82, 2.24) is 19.9 Å². The first-order chi connectivity index (χ1) is 11.2. The molecule has 0 saturated carbocycles. The van der Waals surface area contributed by atoms with Gasteiger partial charge in [0.25, 0.3) is 0 Å². The van der Waals surface area contributed by atoms with Crippen LogP contribution in [0.2, 0.25) is 5.02 Å². The zero-order chi connectivity index (χ0) is 16.1. The van der Waals surface area contributed by atoms with E-state index in [9.17, 15) is 0 Å². The molecule has 118 valence electrons. The molecule has 0 aliphatic carbocycles. The van der Waals surface area contributed by atoms with E-state index in [2.05, 4.69) is 19.9 Å². The lowest BCUT2D eigenvalue weighted by atomic mass is 10.1. The van der Waals surface area contributed by atoms with Crippen LogP contribution < -0.4 is 4.72 Å². The van der Waals surface area contributed by atoms with Crippen molar-refractivity contribution in [2.24, 2.45) is 0 Å². The zero-order valence-electron chi connectivity index (χ0n) is 12.4. The molecule has 0 aliphatic heterocycles. The molecule has 23 heavy (non-hydrogen) atoms. The van der Waals surface area contributed by atoms with E-state index < -0.39 is 0 Å². The number of benzene rings is 1. The highest BCUT2D eigenvalue weighted by Gasteiger charge is 2.19. The Morgan fingerprint density at radius 1 is 1.22 bits per heavy atom. The Balaban J connectivity index is 1.73. The van der Waals surface area contributed by atoms with Crippen molar-refractivity contribution in [2.75, 3.05) is 0 Å². The van der Waals surface area contributed by atoms with Gasteiger partial charge in [-0.05, 0) is 54.3 Å². The molecule has 5 nitrogen and oxygen atoms in total. The average Bonchev–Trinajstić information content (AvgIpc) is 3.00. The Labute approximate surface area is 143 Å². The molecule has 0 aliphatic rings. The Bertz CT molecular complexity index is 748.